The number of aromatic nitrogens is 1. The lowest BCUT2D eigenvalue weighted by atomic mass is 10.1. The van der Waals surface area contributed by atoms with E-state index in [4.69, 9.17) is 4.74 Å². The molecule has 1 fully saturated rings. The van der Waals surface area contributed by atoms with Crippen molar-refractivity contribution in [2.24, 2.45) is 0 Å². The zero-order chi connectivity index (χ0) is 20.8. The largest absolute Gasteiger partial charge is 0.493 e. The van der Waals surface area contributed by atoms with Crippen LogP contribution in [0.5, 0.6) is 5.75 Å². The maximum Gasteiger partial charge on any atom is 0.253 e. The molecule has 1 aromatic heterocycles. The number of hydrogen-bond acceptors (Lipinski definition) is 3. The number of hydrogen-bond donors (Lipinski definition) is 0. The van der Waals surface area contributed by atoms with Gasteiger partial charge >= 0.3 is 0 Å². The van der Waals surface area contributed by atoms with Gasteiger partial charge in [0.25, 0.3) is 5.91 Å². The average molecular weight is 403 g/mol. The molecule has 0 N–H and O–H groups in total. The van der Waals surface area contributed by atoms with Crippen molar-refractivity contribution in [3.8, 4) is 11.4 Å². The summed E-state index contributed by atoms with van der Waals surface area (Å²) in [5, 5.41) is 0. The first-order chi connectivity index (χ1) is 14.7. The van der Waals surface area contributed by atoms with E-state index in [9.17, 15) is 9.59 Å². The molecule has 0 atom stereocenters. The minimum absolute atomic E-state index is 0.00793. The highest BCUT2D eigenvalue weighted by Gasteiger charge is 2.24. The molecular weight excluding hydrogens is 378 g/mol. The van der Waals surface area contributed by atoms with E-state index in [1.807, 2.05) is 93.5 Å². The highest BCUT2D eigenvalue weighted by Crippen LogP contribution is 2.14. The minimum atomic E-state index is 0.00793. The number of benzene rings is 2. The van der Waals surface area contributed by atoms with Crippen molar-refractivity contribution in [3.63, 3.8) is 0 Å². The molecule has 0 saturated carbocycles. The standard InChI is InChI=1S/C24H25N3O3/c28-23(12-19-30-22-6-2-1-3-7-22)26-15-17-27(18-16-26)24(29)20-8-10-21(11-9-20)25-13-4-5-14-25/h1-11,13-14H,12,15-19H2. The van der Waals surface area contributed by atoms with E-state index in [0.29, 0.717) is 44.8 Å². The van der Waals surface area contributed by atoms with E-state index in [-0.39, 0.29) is 11.8 Å². The van der Waals surface area contributed by atoms with Gasteiger partial charge in [0.2, 0.25) is 5.91 Å². The smallest absolute Gasteiger partial charge is 0.253 e. The lowest BCUT2D eigenvalue weighted by molar-refractivity contribution is -0.133. The van der Waals surface area contributed by atoms with Crippen molar-refractivity contribution in [3.05, 3.63) is 84.7 Å². The van der Waals surface area contributed by atoms with Gasteiger partial charge in [-0.1, -0.05) is 18.2 Å². The molecule has 2 amide bonds. The van der Waals surface area contributed by atoms with Crippen LogP contribution < -0.4 is 4.74 Å². The Hall–Kier alpha value is -3.54. The number of para-hydroxylation sites is 1. The Balaban J connectivity index is 1.24. The van der Waals surface area contributed by atoms with Crippen LogP contribution in [0.3, 0.4) is 0 Å². The summed E-state index contributed by atoms with van der Waals surface area (Å²) in [7, 11) is 0. The third kappa shape index (κ3) is 4.71. The number of ether oxygens (including phenoxy) is 1. The lowest BCUT2D eigenvalue weighted by Crippen LogP contribution is -2.50. The molecule has 1 aliphatic rings. The van der Waals surface area contributed by atoms with E-state index < -0.39 is 0 Å². The van der Waals surface area contributed by atoms with E-state index in [0.717, 1.165) is 11.4 Å². The van der Waals surface area contributed by atoms with Crippen molar-refractivity contribution in [2.75, 3.05) is 32.8 Å². The molecule has 6 nitrogen and oxygen atoms in total. The predicted octanol–water partition coefficient (Wildman–Crippen LogP) is 3.23. The van der Waals surface area contributed by atoms with Crippen LogP contribution in [0.25, 0.3) is 5.69 Å². The zero-order valence-corrected chi connectivity index (χ0v) is 16.8. The summed E-state index contributed by atoms with van der Waals surface area (Å²) in [6.45, 7) is 2.55. The maximum absolute atomic E-state index is 12.8. The molecule has 0 aliphatic carbocycles. The molecular formula is C24H25N3O3. The fraction of sp³-hybridized carbons (Fsp3) is 0.250. The quantitative estimate of drug-likeness (QED) is 0.635. The Bertz CT molecular complexity index is 961. The van der Waals surface area contributed by atoms with Crippen LogP contribution in [0, 0.1) is 0 Å². The summed E-state index contributed by atoms with van der Waals surface area (Å²) in [6, 6.07) is 21.0. The highest BCUT2D eigenvalue weighted by molar-refractivity contribution is 5.94. The first-order valence-corrected chi connectivity index (χ1v) is 10.2. The topological polar surface area (TPSA) is 54.8 Å². The molecule has 30 heavy (non-hydrogen) atoms. The molecule has 1 aliphatic heterocycles. The second kappa shape index (κ2) is 9.31. The van der Waals surface area contributed by atoms with Crippen LogP contribution in [0.1, 0.15) is 16.8 Å². The summed E-state index contributed by atoms with van der Waals surface area (Å²) >= 11 is 0. The number of amides is 2. The number of piperazine rings is 1. The Morgan fingerprint density at radius 1 is 0.767 bits per heavy atom. The molecule has 4 rings (SSSR count). The Morgan fingerprint density at radius 3 is 2.07 bits per heavy atom. The van der Waals surface area contributed by atoms with Crippen molar-refractivity contribution >= 4 is 11.8 Å². The van der Waals surface area contributed by atoms with Gasteiger partial charge in [-0.25, -0.2) is 0 Å². The second-order valence-electron chi connectivity index (χ2n) is 7.22. The van der Waals surface area contributed by atoms with Crippen molar-refractivity contribution in [1.29, 1.82) is 0 Å². The van der Waals surface area contributed by atoms with Gasteiger partial charge < -0.3 is 19.1 Å². The monoisotopic (exact) mass is 403 g/mol. The SMILES string of the molecule is O=C(CCOc1ccccc1)N1CCN(C(=O)c2ccc(-n3cccc3)cc2)CC1. The number of carbonyl (C=O) groups excluding carboxylic acids is 2. The summed E-state index contributed by atoms with van der Waals surface area (Å²) in [6.07, 6.45) is 4.28. The lowest BCUT2D eigenvalue weighted by Gasteiger charge is -2.35. The molecule has 1 saturated heterocycles. The fourth-order valence-corrected chi connectivity index (χ4v) is 3.56. The molecule has 6 heteroatoms. The zero-order valence-electron chi connectivity index (χ0n) is 16.8. The highest BCUT2D eigenvalue weighted by atomic mass is 16.5. The molecule has 3 aromatic rings. The van der Waals surface area contributed by atoms with Crippen molar-refractivity contribution < 1.29 is 14.3 Å². The van der Waals surface area contributed by atoms with Gasteiger partial charge in [-0.2, -0.15) is 0 Å². The molecule has 0 bridgehead atoms. The van der Waals surface area contributed by atoms with Gasteiger partial charge in [-0.05, 0) is 48.5 Å². The van der Waals surface area contributed by atoms with Crippen LogP contribution in [-0.4, -0.2) is 59.0 Å². The normalized spacial score (nSPS) is 13.9. The maximum atomic E-state index is 12.8. The minimum Gasteiger partial charge on any atom is -0.493 e. The predicted molar refractivity (Wildman–Crippen MR) is 115 cm³/mol. The number of rotatable bonds is 6. The Labute approximate surface area is 176 Å². The van der Waals surface area contributed by atoms with Crippen LogP contribution in [0.2, 0.25) is 0 Å². The van der Waals surface area contributed by atoms with E-state index in [1.165, 1.54) is 0 Å². The van der Waals surface area contributed by atoms with Gasteiger partial charge in [0, 0.05) is 49.8 Å². The van der Waals surface area contributed by atoms with Gasteiger partial charge in [-0.3, -0.25) is 9.59 Å². The molecule has 2 heterocycles. The van der Waals surface area contributed by atoms with E-state index in [2.05, 4.69) is 0 Å². The summed E-state index contributed by atoms with van der Waals surface area (Å²) in [4.78, 5) is 28.9. The Kier molecular flexibility index (Phi) is 6.13. The van der Waals surface area contributed by atoms with Crippen molar-refractivity contribution in [1.82, 2.24) is 14.4 Å². The second-order valence-corrected chi connectivity index (χ2v) is 7.22. The molecule has 2 aromatic carbocycles. The van der Waals surface area contributed by atoms with Gasteiger partial charge in [0.15, 0.2) is 0 Å². The van der Waals surface area contributed by atoms with Crippen LogP contribution in [0.15, 0.2) is 79.1 Å². The molecule has 0 spiro atoms. The van der Waals surface area contributed by atoms with E-state index in [1.54, 1.807) is 0 Å². The third-order valence-corrected chi connectivity index (χ3v) is 5.26. The van der Waals surface area contributed by atoms with Crippen LogP contribution >= 0.6 is 0 Å². The number of carbonyl (C=O) groups is 2. The summed E-state index contributed by atoms with van der Waals surface area (Å²) in [5.41, 5.74) is 1.69. The van der Waals surface area contributed by atoms with E-state index >= 15 is 0 Å². The third-order valence-electron chi connectivity index (χ3n) is 5.26. The first-order valence-electron chi connectivity index (χ1n) is 10.2. The summed E-state index contributed by atoms with van der Waals surface area (Å²) < 4.78 is 7.61. The Morgan fingerprint density at radius 2 is 1.40 bits per heavy atom. The molecule has 0 unspecified atom stereocenters. The van der Waals surface area contributed by atoms with Gasteiger partial charge in [0.05, 0.1) is 13.0 Å². The number of nitrogens with zero attached hydrogens (tertiary/aromatic N) is 3. The average Bonchev–Trinajstić information content (AvgIpc) is 3.34. The van der Waals surface area contributed by atoms with Gasteiger partial charge in [-0.15, -0.1) is 0 Å². The van der Waals surface area contributed by atoms with Crippen molar-refractivity contribution in [2.45, 2.75) is 6.42 Å². The van der Waals surface area contributed by atoms with Crippen LogP contribution in [0.4, 0.5) is 0 Å². The van der Waals surface area contributed by atoms with Crippen LogP contribution in [-0.2, 0) is 4.79 Å². The first kappa shape index (κ1) is 19.8. The molecule has 0 radical (unpaired) electrons. The van der Waals surface area contributed by atoms with Gasteiger partial charge in [0.1, 0.15) is 5.75 Å². The summed E-state index contributed by atoms with van der Waals surface area (Å²) in [5.74, 6) is 0.839. The fourth-order valence-electron chi connectivity index (χ4n) is 3.56. The molecule has 154 valence electrons.